The molecule has 0 radical (unpaired) electrons. The zero-order chi connectivity index (χ0) is 17.9. The smallest absolute Gasteiger partial charge is 0.0522 e. The Bertz CT molecular complexity index is 831. The second-order valence-corrected chi connectivity index (χ2v) is 7.55. The molecule has 0 atom stereocenters. The molecule has 130 valence electrons. The first-order valence-electron chi connectivity index (χ1n) is 8.85. The fraction of sp³-hybridized carbons (Fsp3) is 0.304. The van der Waals surface area contributed by atoms with Gasteiger partial charge in [0, 0.05) is 18.5 Å². The lowest BCUT2D eigenvalue weighted by Crippen LogP contribution is -2.22. The molecule has 0 spiro atoms. The van der Waals surface area contributed by atoms with Crippen molar-refractivity contribution in [3.8, 4) is 0 Å². The first-order valence-corrected chi connectivity index (χ1v) is 8.85. The van der Waals surface area contributed by atoms with Gasteiger partial charge >= 0.3 is 0 Å². The lowest BCUT2D eigenvalue weighted by Gasteiger charge is -2.23. The molecule has 3 rings (SSSR count). The Hall–Kier alpha value is -2.16. The van der Waals surface area contributed by atoms with E-state index in [1.54, 1.807) is 0 Å². The first-order chi connectivity index (χ1) is 12.0. The summed E-state index contributed by atoms with van der Waals surface area (Å²) < 4.78 is 0. The Morgan fingerprint density at radius 2 is 1.52 bits per heavy atom. The van der Waals surface area contributed by atoms with Crippen molar-refractivity contribution in [3.63, 3.8) is 0 Å². The van der Waals surface area contributed by atoms with Crippen LogP contribution in [-0.4, -0.2) is 23.7 Å². The summed E-state index contributed by atoms with van der Waals surface area (Å²) in [5.74, 6) is 0. The van der Waals surface area contributed by atoms with Crippen molar-refractivity contribution in [2.24, 2.45) is 0 Å². The van der Waals surface area contributed by atoms with Crippen molar-refractivity contribution < 1.29 is 5.11 Å². The minimum atomic E-state index is -0.187. The van der Waals surface area contributed by atoms with Gasteiger partial charge in [0.15, 0.2) is 0 Å². The van der Waals surface area contributed by atoms with E-state index >= 15 is 0 Å². The predicted octanol–water partition coefficient (Wildman–Crippen LogP) is 4.74. The van der Waals surface area contributed by atoms with E-state index in [0.717, 1.165) is 13.1 Å². The monoisotopic (exact) mass is 333 g/mol. The van der Waals surface area contributed by atoms with Gasteiger partial charge in [0.05, 0.1) is 6.61 Å². The van der Waals surface area contributed by atoms with E-state index < -0.39 is 0 Å². The molecule has 0 saturated heterocycles. The highest BCUT2D eigenvalue weighted by Crippen LogP contribution is 2.23. The van der Waals surface area contributed by atoms with E-state index in [-0.39, 0.29) is 12.0 Å². The van der Waals surface area contributed by atoms with Crippen LogP contribution in [0.25, 0.3) is 10.8 Å². The molecular formula is C23H27NO. The first kappa shape index (κ1) is 17.7. The van der Waals surface area contributed by atoms with Crippen LogP contribution in [-0.2, 0) is 18.5 Å². The zero-order valence-electron chi connectivity index (χ0n) is 15.4. The summed E-state index contributed by atoms with van der Waals surface area (Å²) in [6.07, 6.45) is 0. The summed E-state index contributed by atoms with van der Waals surface area (Å²) in [6.45, 7) is 6.12. The van der Waals surface area contributed by atoms with Gasteiger partial charge in [0.1, 0.15) is 0 Å². The molecule has 0 fully saturated rings. The Balaban J connectivity index is 1.71. The molecule has 3 aromatic rings. The Morgan fingerprint density at radius 3 is 2.24 bits per heavy atom. The Labute approximate surface area is 150 Å². The van der Waals surface area contributed by atoms with Crippen LogP contribution in [0.4, 0.5) is 0 Å². The topological polar surface area (TPSA) is 23.5 Å². The average Bonchev–Trinajstić information content (AvgIpc) is 2.62. The molecule has 0 aliphatic heterocycles. The summed E-state index contributed by atoms with van der Waals surface area (Å²) in [7, 11) is 2.16. The van der Waals surface area contributed by atoms with Crippen molar-refractivity contribution in [1.29, 1.82) is 0 Å². The standard InChI is InChI=1S/C23H27NO/c1-23(2,17-25)21-13-11-18(12-14-21)15-24(3)16-20-9-6-8-19-7-4-5-10-22(19)20/h4-14,25H,15-17H2,1-3H3. The van der Waals surface area contributed by atoms with E-state index in [0.29, 0.717) is 0 Å². The van der Waals surface area contributed by atoms with E-state index in [2.05, 4.69) is 92.5 Å². The van der Waals surface area contributed by atoms with Crippen LogP contribution in [0.5, 0.6) is 0 Å². The third-order valence-electron chi connectivity index (χ3n) is 4.90. The number of benzene rings is 3. The van der Waals surface area contributed by atoms with E-state index in [9.17, 15) is 5.11 Å². The average molecular weight is 333 g/mol. The van der Waals surface area contributed by atoms with Gasteiger partial charge in [-0.15, -0.1) is 0 Å². The lowest BCUT2D eigenvalue weighted by molar-refractivity contribution is 0.218. The molecule has 0 aliphatic rings. The van der Waals surface area contributed by atoms with Crippen LogP contribution in [0.1, 0.15) is 30.5 Å². The summed E-state index contributed by atoms with van der Waals surface area (Å²) in [4.78, 5) is 2.34. The summed E-state index contributed by atoms with van der Waals surface area (Å²) in [5.41, 5.74) is 3.64. The van der Waals surface area contributed by atoms with Crippen molar-refractivity contribution in [3.05, 3.63) is 83.4 Å². The molecule has 3 aromatic carbocycles. The van der Waals surface area contributed by atoms with Crippen LogP contribution in [0.2, 0.25) is 0 Å². The van der Waals surface area contributed by atoms with Crippen LogP contribution >= 0.6 is 0 Å². The largest absolute Gasteiger partial charge is 0.395 e. The van der Waals surface area contributed by atoms with Crippen LogP contribution in [0.3, 0.4) is 0 Å². The Kier molecular flexibility index (Phi) is 5.22. The predicted molar refractivity (Wildman–Crippen MR) is 106 cm³/mol. The molecule has 25 heavy (non-hydrogen) atoms. The van der Waals surface area contributed by atoms with Crippen LogP contribution in [0.15, 0.2) is 66.7 Å². The molecule has 1 N–H and O–H groups in total. The number of nitrogens with zero attached hydrogens (tertiary/aromatic N) is 1. The van der Waals surface area contributed by atoms with E-state index in [1.807, 2.05) is 0 Å². The molecule has 0 aromatic heterocycles. The molecule has 0 amide bonds. The van der Waals surface area contributed by atoms with Gasteiger partial charge in [0.25, 0.3) is 0 Å². The van der Waals surface area contributed by atoms with Gasteiger partial charge in [-0.1, -0.05) is 80.6 Å². The molecule has 0 saturated carbocycles. The SMILES string of the molecule is CN(Cc1ccc(C(C)(C)CO)cc1)Cc1cccc2ccccc12. The Morgan fingerprint density at radius 1 is 0.840 bits per heavy atom. The minimum absolute atomic E-state index is 0.160. The van der Waals surface area contributed by atoms with Crippen LogP contribution < -0.4 is 0 Å². The number of rotatable bonds is 6. The summed E-state index contributed by atoms with van der Waals surface area (Å²) in [5, 5.41) is 12.1. The minimum Gasteiger partial charge on any atom is -0.395 e. The maximum Gasteiger partial charge on any atom is 0.0522 e. The quantitative estimate of drug-likeness (QED) is 0.704. The fourth-order valence-electron chi connectivity index (χ4n) is 3.24. The molecule has 0 aliphatic carbocycles. The number of aliphatic hydroxyl groups is 1. The molecule has 2 nitrogen and oxygen atoms in total. The molecule has 0 bridgehead atoms. The van der Waals surface area contributed by atoms with Gasteiger partial charge in [0.2, 0.25) is 0 Å². The number of hydrogen-bond donors (Lipinski definition) is 1. The van der Waals surface area contributed by atoms with Gasteiger partial charge in [-0.05, 0) is 34.5 Å². The van der Waals surface area contributed by atoms with Crippen molar-refractivity contribution in [2.75, 3.05) is 13.7 Å². The number of hydrogen-bond acceptors (Lipinski definition) is 2. The highest BCUT2D eigenvalue weighted by molar-refractivity contribution is 5.85. The zero-order valence-corrected chi connectivity index (χ0v) is 15.4. The van der Waals surface area contributed by atoms with E-state index in [4.69, 9.17) is 0 Å². The summed E-state index contributed by atoms with van der Waals surface area (Å²) in [6, 6.07) is 23.7. The normalized spacial score (nSPS) is 12.0. The maximum atomic E-state index is 9.50. The summed E-state index contributed by atoms with van der Waals surface area (Å²) >= 11 is 0. The second-order valence-electron chi connectivity index (χ2n) is 7.55. The van der Waals surface area contributed by atoms with E-state index in [1.165, 1.54) is 27.5 Å². The van der Waals surface area contributed by atoms with Gasteiger partial charge in [-0.3, -0.25) is 4.90 Å². The molecule has 0 heterocycles. The highest BCUT2D eigenvalue weighted by Gasteiger charge is 2.18. The van der Waals surface area contributed by atoms with Gasteiger partial charge in [-0.2, -0.15) is 0 Å². The maximum absolute atomic E-state index is 9.50. The third kappa shape index (κ3) is 4.09. The van der Waals surface area contributed by atoms with Gasteiger partial charge in [-0.25, -0.2) is 0 Å². The van der Waals surface area contributed by atoms with Crippen molar-refractivity contribution >= 4 is 10.8 Å². The molecule has 2 heteroatoms. The highest BCUT2D eigenvalue weighted by atomic mass is 16.3. The number of fused-ring (bicyclic) bond motifs is 1. The molecular weight excluding hydrogens is 306 g/mol. The van der Waals surface area contributed by atoms with Gasteiger partial charge < -0.3 is 5.11 Å². The third-order valence-corrected chi connectivity index (χ3v) is 4.90. The lowest BCUT2D eigenvalue weighted by atomic mass is 9.85. The van der Waals surface area contributed by atoms with Crippen molar-refractivity contribution in [2.45, 2.75) is 32.4 Å². The fourth-order valence-corrected chi connectivity index (χ4v) is 3.24. The van der Waals surface area contributed by atoms with Crippen LogP contribution in [0, 0.1) is 0 Å². The second kappa shape index (κ2) is 7.38. The molecule has 0 unspecified atom stereocenters. The van der Waals surface area contributed by atoms with Crippen molar-refractivity contribution in [1.82, 2.24) is 4.90 Å². The number of aliphatic hydroxyl groups excluding tert-OH is 1.